The highest BCUT2D eigenvalue weighted by Gasteiger charge is 2.24. The minimum atomic E-state index is 0.305. The van der Waals surface area contributed by atoms with Crippen molar-refractivity contribution in [1.82, 2.24) is 15.1 Å². The Morgan fingerprint density at radius 3 is 2.54 bits per heavy atom. The minimum absolute atomic E-state index is 0.305. The maximum absolute atomic E-state index is 13.1. The quantitative estimate of drug-likeness (QED) is 0.696. The van der Waals surface area contributed by atoms with E-state index in [0.29, 0.717) is 24.2 Å². The van der Waals surface area contributed by atoms with Gasteiger partial charge in [-0.2, -0.15) is 0 Å². The van der Waals surface area contributed by atoms with Crippen LogP contribution in [0.1, 0.15) is 45.6 Å². The number of likely N-dealkylation sites (N-methyl/N-ethyl adjacent to an activating group) is 1. The molecule has 4 heteroatoms. The van der Waals surface area contributed by atoms with Gasteiger partial charge in [0.1, 0.15) is 0 Å². The van der Waals surface area contributed by atoms with Crippen molar-refractivity contribution >= 4 is 5.91 Å². The molecule has 1 heterocycles. The van der Waals surface area contributed by atoms with Crippen LogP contribution in [0.2, 0.25) is 0 Å². The van der Waals surface area contributed by atoms with Crippen LogP contribution in [0.3, 0.4) is 0 Å². The molecule has 146 valence electrons. The van der Waals surface area contributed by atoms with Crippen molar-refractivity contribution in [2.24, 2.45) is 11.8 Å². The van der Waals surface area contributed by atoms with Crippen LogP contribution < -0.4 is 5.32 Å². The lowest BCUT2D eigenvalue weighted by Crippen LogP contribution is -2.40. The number of hydrogen-bond donors (Lipinski definition) is 1. The molecule has 0 aliphatic carbocycles. The third kappa shape index (κ3) is 6.73. The van der Waals surface area contributed by atoms with Gasteiger partial charge in [-0.15, -0.1) is 0 Å². The number of benzene rings is 1. The minimum Gasteiger partial charge on any atom is -0.337 e. The SMILES string of the molecule is CCN(CC)CCN(Cc1ccccc1)C(=O)CC(C)C1CCCNC1. The molecule has 2 atom stereocenters. The van der Waals surface area contributed by atoms with E-state index in [0.717, 1.165) is 45.8 Å². The normalized spacial score (nSPS) is 18.7. The topological polar surface area (TPSA) is 35.6 Å². The van der Waals surface area contributed by atoms with Gasteiger partial charge in [0, 0.05) is 26.1 Å². The fourth-order valence-corrected chi connectivity index (χ4v) is 3.83. The van der Waals surface area contributed by atoms with Crippen LogP contribution in [0.25, 0.3) is 0 Å². The van der Waals surface area contributed by atoms with Crippen LogP contribution in [0.5, 0.6) is 0 Å². The van der Waals surface area contributed by atoms with Gasteiger partial charge >= 0.3 is 0 Å². The lowest BCUT2D eigenvalue weighted by Gasteiger charge is -2.31. The molecule has 1 amide bonds. The maximum atomic E-state index is 13.1. The van der Waals surface area contributed by atoms with Gasteiger partial charge in [0.05, 0.1) is 0 Å². The Hall–Kier alpha value is -1.39. The second-order valence-electron chi connectivity index (χ2n) is 7.62. The van der Waals surface area contributed by atoms with Gasteiger partial charge in [0.25, 0.3) is 0 Å². The Morgan fingerprint density at radius 1 is 1.19 bits per heavy atom. The summed E-state index contributed by atoms with van der Waals surface area (Å²) in [4.78, 5) is 17.5. The molecule has 1 aliphatic heterocycles. The number of nitrogens with one attached hydrogen (secondary N) is 1. The van der Waals surface area contributed by atoms with Crippen LogP contribution in [0, 0.1) is 11.8 Å². The number of carbonyl (C=O) groups excluding carboxylic acids is 1. The molecule has 1 aliphatic rings. The summed E-state index contributed by atoms with van der Waals surface area (Å²) in [7, 11) is 0. The summed E-state index contributed by atoms with van der Waals surface area (Å²) in [5.74, 6) is 1.38. The van der Waals surface area contributed by atoms with Crippen molar-refractivity contribution in [2.45, 2.75) is 46.6 Å². The Labute approximate surface area is 159 Å². The summed E-state index contributed by atoms with van der Waals surface area (Å²) in [5.41, 5.74) is 1.22. The summed E-state index contributed by atoms with van der Waals surface area (Å²) >= 11 is 0. The molecular formula is C22H37N3O. The molecule has 1 aromatic rings. The fourth-order valence-electron chi connectivity index (χ4n) is 3.83. The van der Waals surface area contributed by atoms with Crippen molar-refractivity contribution in [1.29, 1.82) is 0 Å². The molecule has 0 radical (unpaired) electrons. The molecule has 26 heavy (non-hydrogen) atoms. The van der Waals surface area contributed by atoms with Gasteiger partial charge in [-0.05, 0) is 56.4 Å². The zero-order chi connectivity index (χ0) is 18.8. The molecule has 4 nitrogen and oxygen atoms in total. The average Bonchev–Trinajstić information content (AvgIpc) is 2.69. The predicted molar refractivity (Wildman–Crippen MR) is 109 cm³/mol. The van der Waals surface area contributed by atoms with Crippen molar-refractivity contribution in [3.05, 3.63) is 35.9 Å². The summed E-state index contributed by atoms with van der Waals surface area (Å²) < 4.78 is 0. The van der Waals surface area contributed by atoms with Crippen LogP contribution in [0.4, 0.5) is 0 Å². The Balaban J connectivity index is 1.97. The number of amides is 1. The summed E-state index contributed by atoms with van der Waals surface area (Å²) in [6, 6.07) is 10.4. The van der Waals surface area contributed by atoms with Crippen LogP contribution in [-0.4, -0.2) is 55.0 Å². The smallest absolute Gasteiger partial charge is 0.223 e. The fraction of sp³-hybridized carbons (Fsp3) is 0.682. The number of rotatable bonds is 10. The van der Waals surface area contributed by atoms with Crippen molar-refractivity contribution in [3.63, 3.8) is 0 Å². The van der Waals surface area contributed by atoms with Crippen molar-refractivity contribution in [3.8, 4) is 0 Å². The highest BCUT2D eigenvalue weighted by atomic mass is 16.2. The molecule has 1 aromatic carbocycles. The van der Waals surface area contributed by atoms with E-state index < -0.39 is 0 Å². The molecule has 0 saturated carbocycles. The lowest BCUT2D eigenvalue weighted by atomic mass is 9.85. The molecule has 1 N–H and O–H groups in total. The van der Waals surface area contributed by atoms with E-state index in [9.17, 15) is 4.79 Å². The lowest BCUT2D eigenvalue weighted by molar-refractivity contribution is -0.133. The van der Waals surface area contributed by atoms with Gasteiger partial charge < -0.3 is 15.1 Å². The number of hydrogen-bond acceptors (Lipinski definition) is 3. The van der Waals surface area contributed by atoms with E-state index in [1.54, 1.807) is 0 Å². The Bertz CT molecular complexity index is 509. The van der Waals surface area contributed by atoms with E-state index >= 15 is 0 Å². The van der Waals surface area contributed by atoms with Gasteiger partial charge in [0.15, 0.2) is 0 Å². The number of nitrogens with zero attached hydrogens (tertiary/aromatic N) is 2. The average molecular weight is 360 g/mol. The molecule has 1 fully saturated rings. The Morgan fingerprint density at radius 2 is 1.92 bits per heavy atom. The van der Waals surface area contributed by atoms with Gasteiger partial charge in [-0.1, -0.05) is 51.1 Å². The zero-order valence-electron chi connectivity index (χ0n) is 16.9. The first-order chi connectivity index (χ1) is 12.6. The first-order valence-corrected chi connectivity index (χ1v) is 10.4. The van der Waals surface area contributed by atoms with E-state index in [1.807, 2.05) is 6.07 Å². The molecule has 1 saturated heterocycles. The molecular weight excluding hydrogens is 322 g/mol. The van der Waals surface area contributed by atoms with Crippen molar-refractivity contribution in [2.75, 3.05) is 39.3 Å². The first-order valence-electron chi connectivity index (χ1n) is 10.4. The number of piperidine rings is 1. The molecule has 2 unspecified atom stereocenters. The maximum Gasteiger partial charge on any atom is 0.223 e. The number of carbonyl (C=O) groups is 1. The largest absolute Gasteiger partial charge is 0.337 e. The third-order valence-corrected chi connectivity index (χ3v) is 5.79. The highest BCUT2D eigenvalue weighted by Crippen LogP contribution is 2.23. The van der Waals surface area contributed by atoms with Gasteiger partial charge in [-0.3, -0.25) is 4.79 Å². The summed E-state index contributed by atoms with van der Waals surface area (Å²) in [6.45, 7) is 13.4. The molecule has 0 spiro atoms. The van der Waals surface area contributed by atoms with Gasteiger partial charge in [0.2, 0.25) is 5.91 Å². The van der Waals surface area contributed by atoms with Crippen LogP contribution in [0.15, 0.2) is 30.3 Å². The van der Waals surface area contributed by atoms with E-state index in [4.69, 9.17) is 0 Å². The standard InChI is InChI=1S/C22H37N3O/c1-4-24(5-2)14-15-25(18-20-10-7-6-8-11-20)22(26)16-19(3)21-12-9-13-23-17-21/h6-8,10-11,19,21,23H,4-5,9,12-18H2,1-3H3. The highest BCUT2D eigenvalue weighted by molar-refractivity contribution is 5.76. The van der Waals surface area contributed by atoms with Crippen LogP contribution in [-0.2, 0) is 11.3 Å². The predicted octanol–water partition coefficient (Wildman–Crippen LogP) is 3.38. The molecule has 0 bridgehead atoms. The molecule has 2 rings (SSSR count). The van der Waals surface area contributed by atoms with Crippen LogP contribution >= 0.6 is 0 Å². The summed E-state index contributed by atoms with van der Waals surface area (Å²) in [6.07, 6.45) is 3.15. The third-order valence-electron chi connectivity index (χ3n) is 5.79. The second kappa shape index (κ2) is 11.3. The molecule has 0 aromatic heterocycles. The van der Waals surface area contributed by atoms with Gasteiger partial charge in [-0.25, -0.2) is 0 Å². The van der Waals surface area contributed by atoms with E-state index in [1.165, 1.54) is 18.4 Å². The summed E-state index contributed by atoms with van der Waals surface area (Å²) in [5, 5.41) is 3.48. The van der Waals surface area contributed by atoms with Crippen molar-refractivity contribution < 1.29 is 4.79 Å². The zero-order valence-corrected chi connectivity index (χ0v) is 16.9. The monoisotopic (exact) mass is 359 g/mol. The Kier molecular flexibility index (Phi) is 9.13. The first kappa shape index (κ1) is 20.9. The van der Waals surface area contributed by atoms with E-state index in [2.05, 4.69) is 60.2 Å². The second-order valence-corrected chi connectivity index (χ2v) is 7.62. The van der Waals surface area contributed by atoms with E-state index in [-0.39, 0.29) is 0 Å².